The summed E-state index contributed by atoms with van der Waals surface area (Å²) >= 11 is 0. The Hall–Kier alpha value is -1.35. The Bertz CT molecular complexity index is 673. The third-order valence-electron chi connectivity index (χ3n) is 8.66. The maximum Gasteiger partial charge on any atom is 0.311 e. The quantitative estimate of drug-likeness (QED) is 0.354. The first-order valence-corrected chi connectivity index (χ1v) is 12.9. The van der Waals surface area contributed by atoms with Crippen molar-refractivity contribution < 1.29 is 14.3 Å². The molecule has 0 aromatic heterocycles. The van der Waals surface area contributed by atoms with Gasteiger partial charge in [0.05, 0.1) is 6.10 Å². The van der Waals surface area contributed by atoms with Crippen molar-refractivity contribution in [2.24, 2.45) is 23.7 Å². The van der Waals surface area contributed by atoms with E-state index in [1.54, 1.807) is 0 Å². The smallest absolute Gasteiger partial charge is 0.311 e. The van der Waals surface area contributed by atoms with Crippen LogP contribution >= 0.6 is 0 Å². The number of hydrogen-bond donors (Lipinski definition) is 0. The molecule has 31 heavy (non-hydrogen) atoms. The number of rotatable bonds is 6. The zero-order valence-corrected chi connectivity index (χ0v) is 19.7. The lowest BCUT2D eigenvalue weighted by Crippen LogP contribution is -2.26. The summed E-state index contributed by atoms with van der Waals surface area (Å²) in [5, 5.41) is 0. The van der Waals surface area contributed by atoms with Crippen molar-refractivity contribution in [3.05, 3.63) is 29.8 Å². The molecule has 4 rings (SSSR count). The van der Waals surface area contributed by atoms with Gasteiger partial charge in [-0.15, -0.1) is 0 Å². The second-order valence-electron chi connectivity index (χ2n) is 10.8. The SMILES string of the molecule is COC1CCC(c2ccc(OC(=O)CC3CCC(C4CCC(C)CC4)CC3)cc2)CC1. The number of ether oxygens (including phenoxy) is 2. The lowest BCUT2D eigenvalue weighted by atomic mass is 9.69. The zero-order valence-electron chi connectivity index (χ0n) is 19.7. The fourth-order valence-electron chi connectivity index (χ4n) is 6.47. The minimum absolute atomic E-state index is 0.0525. The van der Waals surface area contributed by atoms with Gasteiger partial charge in [0, 0.05) is 13.5 Å². The first kappa shape index (κ1) is 22.8. The molecule has 0 aliphatic heterocycles. The van der Waals surface area contributed by atoms with Crippen LogP contribution in [0.3, 0.4) is 0 Å². The van der Waals surface area contributed by atoms with E-state index in [4.69, 9.17) is 9.47 Å². The van der Waals surface area contributed by atoms with E-state index in [0.29, 0.717) is 30.1 Å². The fourth-order valence-corrected chi connectivity index (χ4v) is 6.47. The summed E-state index contributed by atoms with van der Waals surface area (Å²) in [6.45, 7) is 2.40. The number of carbonyl (C=O) groups is 1. The standard InChI is InChI=1S/C28H42O3/c1-20-3-7-22(8-4-20)23-9-5-21(6-10-23)19-28(29)31-27-17-13-25(14-18-27)24-11-15-26(30-2)16-12-24/h13-14,17-18,20-24,26H,3-12,15-16,19H2,1-2H3. The molecule has 0 atom stereocenters. The van der Waals surface area contributed by atoms with Crippen LogP contribution in [-0.2, 0) is 9.53 Å². The second kappa shape index (κ2) is 11.0. The third kappa shape index (κ3) is 6.34. The molecule has 3 saturated carbocycles. The van der Waals surface area contributed by atoms with Gasteiger partial charge < -0.3 is 9.47 Å². The van der Waals surface area contributed by atoms with Crippen molar-refractivity contribution in [2.45, 2.75) is 102 Å². The Labute approximate surface area is 189 Å². The van der Waals surface area contributed by atoms with Crippen LogP contribution in [0.25, 0.3) is 0 Å². The number of esters is 1. The van der Waals surface area contributed by atoms with E-state index in [2.05, 4.69) is 19.1 Å². The largest absolute Gasteiger partial charge is 0.427 e. The molecule has 3 aliphatic carbocycles. The molecular formula is C28H42O3. The highest BCUT2D eigenvalue weighted by Crippen LogP contribution is 2.42. The van der Waals surface area contributed by atoms with Gasteiger partial charge in [0.15, 0.2) is 0 Å². The minimum Gasteiger partial charge on any atom is -0.427 e. The maximum absolute atomic E-state index is 12.5. The van der Waals surface area contributed by atoms with E-state index in [9.17, 15) is 4.79 Å². The Morgan fingerprint density at radius 2 is 1.39 bits per heavy atom. The first-order valence-electron chi connectivity index (χ1n) is 12.9. The number of hydrogen-bond acceptors (Lipinski definition) is 3. The van der Waals surface area contributed by atoms with Crippen molar-refractivity contribution in [3.8, 4) is 5.75 Å². The zero-order chi connectivity index (χ0) is 21.6. The van der Waals surface area contributed by atoms with Gasteiger partial charge in [-0.3, -0.25) is 4.79 Å². The van der Waals surface area contributed by atoms with E-state index in [1.807, 2.05) is 19.2 Å². The Morgan fingerprint density at radius 3 is 1.97 bits per heavy atom. The van der Waals surface area contributed by atoms with Crippen LogP contribution in [0.15, 0.2) is 24.3 Å². The predicted octanol–water partition coefficient (Wildman–Crippen LogP) is 7.29. The molecule has 172 valence electrons. The molecule has 0 amide bonds. The lowest BCUT2D eigenvalue weighted by Gasteiger charge is -2.37. The maximum atomic E-state index is 12.5. The van der Waals surface area contributed by atoms with Gasteiger partial charge in [0.2, 0.25) is 0 Å². The summed E-state index contributed by atoms with van der Waals surface area (Å²) in [5.41, 5.74) is 1.37. The van der Waals surface area contributed by atoms with Gasteiger partial charge in [0.1, 0.15) is 5.75 Å². The van der Waals surface area contributed by atoms with E-state index in [-0.39, 0.29) is 5.97 Å². The van der Waals surface area contributed by atoms with Gasteiger partial charge in [-0.05, 0) is 111 Å². The molecule has 0 N–H and O–H groups in total. The summed E-state index contributed by atoms with van der Waals surface area (Å²) in [5.74, 6) is 4.56. The van der Waals surface area contributed by atoms with Crippen LogP contribution in [0.1, 0.15) is 102 Å². The van der Waals surface area contributed by atoms with Gasteiger partial charge in [-0.1, -0.05) is 31.9 Å². The Kier molecular flexibility index (Phi) is 8.09. The van der Waals surface area contributed by atoms with Crippen LogP contribution < -0.4 is 4.74 Å². The van der Waals surface area contributed by atoms with E-state index in [0.717, 1.165) is 30.6 Å². The van der Waals surface area contributed by atoms with Gasteiger partial charge in [-0.25, -0.2) is 0 Å². The molecule has 3 fully saturated rings. The predicted molar refractivity (Wildman–Crippen MR) is 125 cm³/mol. The van der Waals surface area contributed by atoms with Crippen molar-refractivity contribution in [2.75, 3.05) is 7.11 Å². The summed E-state index contributed by atoms with van der Waals surface area (Å²) in [6, 6.07) is 8.26. The molecule has 1 aromatic rings. The first-order chi connectivity index (χ1) is 15.1. The van der Waals surface area contributed by atoms with E-state index >= 15 is 0 Å². The van der Waals surface area contributed by atoms with Crippen molar-refractivity contribution in [3.63, 3.8) is 0 Å². The summed E-state index contributed by atoms with van der Waals surface area (Å²) < 4.78 is 11.2. The fraction of sp³-hybridized carbons (Fsp3) is 0.750. The summed E-state index contributed by atoms with van der Waals surface area (Å²) in [7, 11) is 1.82. The van der Waals surface area contributed by atoms with Crippen molar-refractivity contribution in [1.29, 1.82) is 0 Å². The van der Waals surface area contributed by atoms with Crippen molar-refractivity contribution in [1.82, 2.24) is 0 Å². The number of benzene rings is 1. The molecule has 0 unspecified atom stereocenters. The lowest BCUT2D eigenvalue weighted by molar-refractivity contribution is -0.135. The molecule has 3 aliphatic rings. The average Bonchev–Trinajstić information content (AvgIpc) is 2.81. The molecule has 0 heterocycles. The summed E-state index contributed by atoms with van der Waals surface area (Å²) in [6.07, 6.45) is 16.4. The highest BCUT2D eigenvalue weighted by atomic mass is 16.5. The topological polar surface area (TPSA) is 35.5 Å². The van der Waals surface area contributed by atoms with Crippen LogP contribution in [-0.4, -0.2) is 19.2 Å². The Morgan fingerprint density at radius 1 is 0.806 bits per heavy atom. The normalized spacial score (nSPS) is 34.3. The monoisotopic (exact) mass is 426 g/mol. The van der Waals surface area contributed by atoms with Gasteiger partial charge in [-0.2, -0.15) is 0 Å². The van der Waals surface area contributed by atoms with Crippen LogP contribution in [0.5, 0.6) is 5.75 Å². The molecule has 0 saturated heterocycles. The van der Waals surface area contributed by atoms with Gasteiger partial charge in [0.25, 0.3) is 0 Å². The molecule has 0 spiro atoms. The van der Waals surface area contributed by atoms with Gasteiger partial charge >= 0.3 is 5.97 Å². The molecule has 3 nitrogen and oxygen atoms in total. The third-order valence-corrected chi connectivity index (χ3v) is 8.66. The number of carbonyl (C=O) groups excluding carboxylic acids is 1. The highest BCUT2D eigenvalue weighted by Gasteiger charge is 2.31. The van der Waals surface area contributed by atoms with Crippen LogP contribution in [0.4, 0.5) is 0 Å². The van der Waals surface area contributed by atoms with Crippen LogP contribution in [0, 0.1) is 23.7 Å². The molecule has 3 heteroatoms. The van der Waals surface area contributed by atoms with E-state index < -0.39 is 0 Å². The molecule has 1 aromatic carbocycles. The molecular weight excluding hydrogens is 384 g/mol. The molecule has 0 radical (unpaired) electrons. The summed E-state index contributed by atoms with van der Waals surface area (Å²) in [4.78, 5) is 12.5. The van der Waals surface area contributed by atoms with Crippen LogP contribution in [0.2, 0.25) is 0 Å². The Balaban J connectivity index is 1.18. The van der Waals surface area contributed by atoms with Crippen molar-refractivity contribution >= 4 is 5.97 Å². The molecule has 0 bridgehead atoms. The number of methoxy groups -OCH3 is 1. The minimum atomic E-state index is -0.0525. The second-order valence-corrected chi connectivity index (χ2v) is 10.8. The van der Waals surface area contributed by atoms with E-state index in [1.165, 1.54) is 69.8 Å². The highest BCUT2D eigenvalue weighted by molar-refractivity contribution is 5.72. The average molecular weight is 427 g/mol.